The van der Waals surface area contributed by atoms with Gasteiger partial charge in [0.15, 0.2) is 0 Å². The molecule has 66 valence electrons. The number of nitrogens with zero attached hydrogens (tertiary/aromatic N) is 1. The van der Waals surface area contributed by atoms with Gasteiger partial charge in [-0.15, -0.1) is 0 Å². The molecule has 0 aromatic carbocycles. The van der Waals surface area contributed by atoms with Crippen LogP contribution in [0.25, 0.3) is 0 Å². The molecule has 1 amide bonds. The molecule has 12 heavy (non-hydrogen) atoms. The molecule has 0 fully saturated rings. The highest BCUT2D eigenvalue weighted by atomic mass is 16.5. The number of aromatic amines is 1. The summed E-state index contributed by atoms with van der Waals surface area (Å²) < 4.78 is 4.75. The molecular weight excluding hydrogens is 158 g/mol. The van der Waals surface area contributed by atoms with E-state index < -0.39 is 0 Å². The molecule has 0 aliphatic heterocycles. The van der Waals surface area contributed by atoms with E-state index in [0.717, 1.165) is 0 Å². The van der Waals surface area contributed by atoms with Crippen LogP contribution in [0.4, 0.5) is 5.82 Å². The fourth-order valence-electron chi connectivity index (χ4n) is 0.733. The van der Waals surface area contributed by atoms with Crippen molar-refractivity contribution < 1.29 is 9.53 Å². The molecule has 5 heteroatoms. The van der Waals surface area contributed by atoms with Gasteiger partial charge in [-0.05, 0) is 0 Å². The normalized spacial score (nSPS) is 9.75. The molecule has 0 spiro atoms. The summed E-state index contributed by atoms with van der Waals surface area (Å²) in [5, 5.41) is 8.93. The number of hydrogen-bond donors (Lipinski definition) is 2. The lowest BCUT2D eigenvalue weighted by atomic mass is 10.4. The Morgan fingerprint density at radius 1 is 1.83 bits per heavy atom. The van der Waals surface area contributed by atoms with Gasteiger partial charge in [0.2, 0.25) is 5.91 Å². The Bertz CT molecular complexity index is 233. The number of carbonyl (C=O) groups excluding carboxylic acids is 1. The number of rotatable bonds is 4. The van der Waals surface area contributed by atoms with Crippen LogP contribution in [0.15, 0.2) is 12.3 Å². The third-order valence-corrected chi connectivity index (χ3v) is 1.31. The Morgan fingerprint density at radius 2 is 2.67 bits per heavy atom. The molecule has 0 saturated carbocycles. The lowest BCUT2D eigenvalue weighted by Gasteiger charge is -2.00. The zero-order chi connectivity index (χ0) is 8.81. The van der Waals surface area contributed by atoms with Gasteiger partial charge in [0, 0.05) is 13.2 Å². The van der Waals surface area contributed by atoms with Crippen LogP contribution >= 0.6 is 0 Å². The van der Waals surface area contributed by atoms with Crippen LogP contribution in [0.5, 0.6) is 0 Å². The topological polar surface area (TPSA) is 67.0 Å². The minimum absolute atomic E-state index is 0.0823. The minimum atomic E-state index is -0.0823. The van der Waals surface area contributed by atoms with Gasteiger partial charge in [-0.25, -0.2) is 0 Å². The van der Waals surface area contributed by atoms with E-state index in [2.05, 4.69) is 15.5 Å². The van der Waals surface area contributed by atoms with Crippen molar-refractivity contribution in [3.8, 4) is 0 Å². The SMILES string of the molecule is COCCC(=O)Nc1ccn[nH]1. The first-order chi connectivity index (χ1) is 5.83. The lowest BCUT2D eigenvalue weighted by molar-refractivity contribution is -0.117. The summed E-state index contributed by atoms with van der Waals surface area (Å²) in [6.07, 6.45) is 1.93. The lowest BCUT2D eigenvalue weighted by Crippen LogP contribution is -2.13. The second-order valence-electron chi connectivity index (χ2n) is 2.26. The zero-order valence-corrected chi connectivity index (χ0v) is 6.83. The minimum Gasteiger partial charge on any atom is -0.384 e. The van der Waals surface area contributed by atoms with E-state index in [9.17, 15) is 4.79 Å². The molecule has 5 nitrogen and oxygen atoms in total. The molecule has 1 rings (SSSR count). The Kier molecular flexibility index (Phi) is 3.28. The number of nitrogens with one attached hydrogen (secondary N) is 2. The molecule has 1 aromatic heterocycles. The highest BCUT2D eigenvalue weighted by Gasteiger charge is 2.01. The molecule has 0 aliphatic carbocycles. The van der Waals surface area contributed by atoms with Crippen molar-refractivity contribution in [2.75, 3.05) is 19.0 Å². The highest BCUT2D eigenvalue weighted by molar-refractivity contribution is 5.89. The fraction of sp³-hybridized carbons (Fsp3) is 0.429. The van der Waals surface area contributed by atoms with E-state index in [-0.39, 0.29) is 5.91 Å². The van der Waals surface area contributed by atoms with Gasteiger partial charge in [-0.1, -0.05) is 0 Å². The maximum Gasteiger partial charge on any atom is 0.227 e. The first kappa shape index (κ1) is 8.73. The van der Waals surface area contributed by atoms with Crippen LogP contribution in [0.2, 0.25) is 0 Å². The predicted molar refractivity (Wildman–Crippen MR) is 43.7 cm³/mol. The first-order valence-electron chi connectivity index (χ1n) is 3.61. The summed E-state index contributed by atoms with van der Waals surface area (Å²) in [7, 11) is 1.56. The Balaban J connectivity index is 2.27. The van der Waals surface area contributed by atoms with Crippen molar-refractivity contribution in [1.29, 1.82) is 0 Å². The van der Waals surface area contributed by atoms with Crippen LogP contribution in [-0.4, -0.2) is 29.8 Å². The monoisotopic (exact) mass is 169 g/mol. The predicted octanol–water partition coefficient (Wildman–Crippen LogP) is 0.385. The molecule has 0 saturated heterocycles. The maximum atomic E-state index is 11.0. The van der Waals surface area contributed by atoms with Gasteiger partial charge < -0.3 is 10.1 Å². The van der Waals surface area contributed by atoms with E-state index >= 15 is 0 Å². The quantitative estimate of drug-likeness (QED) is 0.684. The summed E-state index contributed by atoms with van der Waals surface area (Å²) in [5.74, 6) is 0.525. The number of H-pyrrole nitrogens is 1. The molecule has 1 aromatic rings. The van der Waals surface area contributed by atoms with Gasteiger partial charge in [-0.3, -0.25) is 9.89 Å². The molecular formula is C7H11N3O2. The Hall–Kier alpha value is -1.36. The zero-order valence-electron chi connectivity index (χ0n) is 6.83. The standard InChI is InChI=1S/C7H11N3O2/c1-12-5-3-7(11)9-6-2-4-8-10-6/h2,4H,3,5H2,1H3,(H2,8,9,10,11). The van der Waals surface area contributed by atoms with E-state index in [1.807, 2.05) is 0 Å². The van der Waals surface area contributed by atoms with E-state index in [0.29, 0.717) is 18.8 Å². The highest BCUT2D eigenvalue weighted by Crippen LogP contribution is 1.98. The van der Waals surface area contributed by atoms with Crippen molar-refractivity contribution in [2.24, 2.45) is 0 Å². The molecule has 0 unspecified atom stereocenters. The van der Waals surface area contributed by atoms with Crippen molar-refractivity contribution in [3.63, 3.8) is 0 Å². The number of amides is 1. The van der Waals surface area contributed by atoms with E-state index in [4.69, 9.17) is 4.74 Å². The molecule has 0 bridgehead atoms. The van der Waals surface area contributed by atoms with E-state index in [1.165, 1.54) is 0 Å². The number of hydrogen-bond acceptors (Lipinski definition) is 3. The molecule has 0 aliphatic rings. The molecule has 2 N–H and O–H groups in total. The summed E-state index contributed by atoms with van der Waals surface area (Å²) in [5.41, 5.74) is 0. The fourth-order valence-corrected chi connectivity index (χ4v) is 0.733. The molecule has 0 atom stereocenters. The largest absolute Gasteiger partial charge is 0.384 e. The summed E-state index contributed by atoms with van der Waals surface area (Å²) in [4.78, 5) is 11.0. The number of carbonyl (C=O) groups is 1. The van der Waals surface area contributed by atoms with Gasteiger partial charge >= 0.3 is 0 Å². The summed E-state index contributed by atoms with van der Waals surface area (Å²) >= 11 is 0. The number of methoxy groups -OCH3 is 1. The van der Waals surface area contributed by atoms with Crippen LogP contribution in [0, 0.1) is 0 Å². The van der Waals surface area contributed by atoms with Gasteiger partial charge in [0.25, 0.3) is 0 Å². The van der Waals surface area contributed by atoms with Crippen LogP contribution in [0.1, 0.15) is 6.42 Å². The third kappa shape index (κ3) is 2.71. The maximum absolute atomic E-state index is 11.0. The smallest absolute Gasteiger partial charge is 0.227 e. The van der Waals surface area contributed by atoms with Crippen molar-refractivity contribution in [3.05, 3.63) is 12.3 Å². The first-order valence-corrected chi connectivity index (χ1v) is 3.61. The third-order valence-electron chi connectivity index (χ3n) is 1.31. The van der Waals surface area contributed by atoms with Gasteiger partial charge in [0.05, 0.1) is 19.2 Å². The van der Waals surface area contributed by atoms with Crippen LogP contribution in [-0.2, 0) is 9.53 Å². The Morgan fingerprint density at radius 3 is 3.25 bits per heavy atom. The van der Waals surface area contributed by atoms with Gasteiger partial charge in [0.1, 0.15) is 5.82 Å². The molecule has 0 radical (unpaired) electrons. The second kappa shape index (κ2) is 4.50. The van der Waals surface area contributed by atoms with Crippen molar-refractivity contribution in [1.82, 2.24) is 10.2 Å². The van der Waals surface area contributed by atoms with Gasteiger partial charge in [-0.2, -0.15) is 5.10 Å². The second-order valence-corrected chi connectivity index (χ2v) is 2.26. The summed E-state index contributed by atoms with van der Waals surface area (Å²) in [6, 6.07) is 1.69. The summed E-state index contributed by atoms with van der Waals surface area (Å²) in [6.45, 7) is 0.431. The van der Waals surface area contributed by atoms with Crippen molar-refractivity contribution >= 4 is 11.7 Å². The average molecular weight is 169 g/mol. The van der Waals surface area contributed by atoms with Crippen LogP contribution < -0.4 is 5.32 Å². The Labute approximate surface area is 70.1 Å². The number of aromatic nitrogens is 2. The van der Waals surface area contributed by atoms with Crippen LogP contribution in [0.3, 0.4) is 0 Å². The number of ether oxygens (including phenoxy) is 1. The number of anilines is 1. The average Bonchev–Trinajstić information content (AvgIpc) is 2.53. The molecule has 1 heterocycles. The van der Waals surface area contributed by atoms with E-state index in [1.54, 1.807) is 19.4 Å². The van der Waals surface area contributed by atoms with Crippen molar-refractivity contribution in [2.45, 2.75) is 6.42 Å².